The first kappa shape index (κ1) is 26.8. The Hall–Kier alpha value is -4.77. The van der Waals surface area contributed by atoms with Gasteiger partial charge < -0.3 is 19.5 Å². The predicted molar refractivity (Wildman–Crippen MR) is 152 cm³/mol. The van der Waals surface area contributed by atoms with E-state index in [0.29, 0.717) is 49.6 Å². The normalized spacial score (nSPS) is 10.8. The molecule has 3 aromatic heterocycles. The highest BCUT2D eigenvalue weighted by Gasteiger charge is 2.20. The average molecular weight is 605 g/mol. The quantitative estimate of drug-likeness (QED) is 0.241. The van der Waals surface area contributed by atoms with Crippen LogP contribution in [-0.4, -0.2) is 34.7 Å². The fraction of sp³-hybridized carbons (Fsp3) is 0.103. The lowest BCUT2D eigenvalue weighted by molar-refractivity contribution is 0.102. The zero-order valence-corrected chi connectivity index (χ0v) is 23.2. The number of ether oxygens (including phenoxy) is 3. The summed E-state index contributed by atoms with van der Waals surface area (Å²) >= 11 is 3.41. The molecule has 202 valence electrons. The Kier molecular flexibility index (Phi) is 7.47. The number of carbonyl (C=O) groups excluding carboxylic acids is 1. The van der Waals surface area contributed by atoms with Gasteiger partial charge in [-0.15, -0.1) is 0 Å². The Labute approximate surface area is 236 Å². The monoisotopic (exact) mass is 604 g/mol. The molecule has 0 atom stereocenters. The average Bonchev–Trinajstić information content (AvgIpc) is 2.96. The highest BCUT2D eigenvalue weighted by molar-refractivity contribution is 9.10. The molecule has 11 heteroatoms. The molecule has 5 aromatic rings. The van der Waals surface area contributed by atoms with Gasteiger partial charge in [-0.2, -0.15) is 0 Å². The maximum absolute atomic E-state index is 13.4. The number of pyridine rings is 3. The molecular formula is C29H22BrFN4O5. The van der Waals surface area contributed by atoms with E-state index in [9.17, 15) is 14.0 Å². The number of carbonyl (C=O) groups is 1. The summed E-state index contributed by atoms with van der Waals surface area (Å²) in [5.74, 6) is 0.802. The highest BCUT2D eigenvalue weighted by Crippen LogP contribution is 2.36. The summed E-state index contributed by atoms with van der Waals surface area (Å²) in [5.41, 5.74) is 1.28. The van der Waals surface area contributed by atoms with Gasteiger partial charge in [-0.05, 0) is 70.9 Å². The molecule has 0 aliphatic heterocycles. The number of anilines is 1. The van der Waals surface area contributed by atoms with E-state index in [4.69, 9.17) is 14.2 Å². The third-order valence-electron chi connectivity index (χ3n) is 6.16. The van der Waals surface area contributed by atoms with Crippen LogP contribution in [-0.2, 0) is 0 Å². The molecule has 0 saturated heterocycles. The lowest BCUT2D eigenvalue weighted by atomic mass is 10.1. The number of methoxy groups -OCH3 is 2. The number of fused-ring (bicyclic) bond motifs is 1. The largest absolute Gasteiger partial charge is 0.493 e. The number of amides is 1. The molecule has 1 amide bonds. The van der Waals surface area contributed by atoms with E-state index >= 15 is 0 Å². The number of nitrogens with one attached hydrogen (secondary N) is 1. The molecule has 1 N–H and O–H groups in total. The number of nitrogens with zero attached hydrogens (tertiary/aromatic N) is 3. The second-order valence-corrected chi connectivity index (χ2v) is 9.46. The van der Waals surface area contributed by atoms with Crippen molar-refractivity contribution in [2.45, 2.75) is 6.92 Å². The minimum atomic E-state index is -0.615. The second-order valence-electron chi connectivity index (χ2n) is 8.60. The summed E-state index contributed by atoms with van der Waals surface area (Å²) in [6.45, 7) is 1.66. The first-order valence-electron chi connectivity index (χ1n) is 11.9. The SMILES string of the molecule is COc1cc2nccc(Oc3ccc(NC(=O)c4c(C)c(Br)cn(-c5ccc(F)cc5)c4=O)cn3)c2cc1OC. The minimum absolute atomic E-state index is 0.0633. The van der Waals surface area contributed by atoms with Crippen molar-refractivity contribution in [2.75, 3.05) is 19.5 Å². The molecule has 40 heavy (non-hydrogen) atoms. The van der Waals surface area contributed by atoms with Crippen LogP contribution in [0.15, 0.2) is 82.5 Å². The summed E-state index contributed by atoms with van der Waals surface area (Å²) < 4.78 is 31.9. The first-order chi connectivity index (χ1) is 19.3. The Bertz CT molecular complexity index is 1790. The van der Waals surface area contributed by atoms with Crippen LogP contribution in [0.5, 0.6) is 23.1 Å². The lowest BCUT2D eigenvalue weighted by Gasteiger charge is -2.14. The number of benzene rings is 2. The molecule has 0 aliphatic carbocycles. The van der Waals surface area contributed by atoms with Gasteiger partial charge >= 0.3 is 0 Å². The van der Waals surface area contributed by atoms with Crippen LogP contribution in [0.4, 0.5) is 10.1 Å². The maximum Gasteiger partial charge on any atom is 0.268 e. The van der Waals surface area contributed by atoms with Crippen molar-refractivity contribution in [3.8, 4) is 28.8 Å². The van der Waals surface area contributed by atoms with Gasteiger partial charge in [0.2, 0.25) is 5.88 Å². The molecule has 0 fully saturated rings. The maximum atomic E-state index is 13.4. The van der Waals surface area contributed by atoms with E-state index in [-0.39, 0.29) is 11.4 Å². The van der Waals surface area contributed by atoms with Crippen molar-refractivity contribution in [2.24, 2.45) is 0 Å². The van der Waals surface area contributed by atoms with Gasteiger partial charge in [0.15, 0.2) is 11.5 Å². The number of hydrogen-bond acceptors (Lipinski definition) is 7. The highest BCUT2D eigenvalue weighted by atomic mass is 79.9. The zero-order valence-electron chi connectivity index (χ0n) is 21.6. The summed E-state index contributed by atoms with van der Waals surface area (Å²) in [6.07, 6.45) is 4.58. The van der Waals surface area contributed by atoms with Crippen LogP contribution < -0.4 is 25.1 Å². The summed E-state index contributed by atoms with van der Waals surface area (Å²) in [4.78, 5) is 35.1. The molecule has 5 rings (SSSR count). The zero-order chi connectivity index (χ0) is 28.4. The Balaban J connectivity index is 1.39. The van der Waals surface area contributed by atoms with Crippen LogP contribution in [0.3, 0.4) is 0 Å². The van der Waals surface area contributed by atoms with E-state index in [1.807, 2.05) is 0 Å². The number of halogens is 2. The van der Waals surface area contributed by atoms with Gasteiger partial charge in [-0.1, -0.05) is 0 Å². The smallest absolute Gasteiger partial charge is 0.268 e. The molecule has 0 spiro atoms. The van der Waals surface area contributed by atoms with E-state index in [1.54, 1.807) is 63.9 Å². The van der Waals surface area contributed by atoms with Crippen LogP contribution in [0.1, 0.15) is 15.9 Å². The van der Waals surface area contributed by atoms with E-state index in [1.165, 1.54) is 35.0 Å². The van der Waals surface area contributed by atoms with Crippen LogP contribution >= 0.6 is 15.9 Å². The van der Waals surface area contributed by atoms with Crippen LogP contribution in [0.25, 0.3) is 16.6 Å². The van der Waals surface area contributed by atoms with Gasteiger partial charge in [-0.25, -0.2) is 9.37 Å². The topological polar surface area (TPSA) is 105 Å². The standard InChI is InChI=1S/C29H22BrFN4O5/c1-16-21(30)15-35(19-7-4-17(31)5-8-19)29(37)27(16)28(36)34-18-6-9-26(33-14-18)40-23-10-11-32-22-13-25(39-3)24(38-2)12-20(22)23/h4-15H,1-3H3,(H,34,36). The molecule has 3 heterocycles. The first-order valence-corrected chi connectivity index (χ1v) is 12.7. The van der Waals surface area contributed by atoms with Crippen molar-refractivity contribution >= 4 is 38.4 Å². The lowest BCUT2D eigenvalue weighted by Crippen LogP contribution is -2.30. The van der Waals surface area contributed by atoms with Crippen LogP contribution in [0.2, 0.25) is 0 Å². The number of hydrogen-bond donors (Lipinski definition) is 1. The predicted octanol–water partition coefficient (Wildman–Crippen LogP) is 6.05. The molecule has 2 aromatic carbocycles. The molecule has 0 saturated carbocycles. The molecule has 0 unspecified atom stereocenters. The number of aromatic nitrogens is 3. The van der Waals surface area contributed by atoms with Crippen molar-refractivity contribution in [3.63, 3.8) is 0 Å². The third kappa shape index (κ3) is 5.23. The van der Waals surface area contributed by atoms with Crippen molar-refractivity contribution < 1.29 is 23.4 Å². The summed E-state index contributed by atoms with van der Waals surface area (Å²) in [5, 5.41) is 3.41. The van der Waals surface area contributed by atoms with E-state index in [2.05, 4.69) is 31.2 Å². The van der Waals surface area contributed by atoms with Crippen molar-refractivity contribution in [3.05, 3.63) is 105 Å². The van der Waals surface area contributed by atoms with Gasteiger partial charge in [0.1, 0.15) is 17.1 Å². The fourth-order valence-corrected chi connectivity index (χ4v) is 4.49. The Morgan fingerprint density at radius 3 is 2.38 bits per heavy atom. The van der Waals surface area contributed by atoms with Gasteiger partial charge in [0, 0.05) is 40.1 Å². The van der Waals surface area contributed by atoms with Gasteiger partial charge in [0.05, 0.1) is 31.6 Å². The molecule has 0 aliphatic rings. The van der Waals surface area contributed by atoms with Crippen molar-refractivity contribution in [1.29, 1.82) is 0 Å². The summed E-state index contributed by atoms with van der Waals surface area (Å²) in [7, 11) is 3.09. The van der Waals surface area contributed by atoms with Gasteiger partial charge in [0.25, 0.3) is 11.5 Å². The second kappa shape index (κ2) is 11.1. The van der Waals surface area contributed by atoms with Crippen LogP contribution in [0, 0.1) is 12.7 Å². The molecule has 0 radical (unpaired) electrons. The van der Waals surface area contributed by atoms with E-state index in [0.717, 1.165) is 0 Å². The molecule has 9 nitrogen and oxygen atoms in total. The van der Waals surface area contributed by atoms with E-state index < -0.39 is 17.3 Å². The molecular weight excluding hydrogens is 583 g/mol. The summed E-state index contributed by atoms with van der Waals surface area (Å²) in [6, 6.07) is 13.8. The minimum Gasteiger partial charge on any atom is -0.493 e. The van der Waals surface area contributed by atoms with Crippen molar-refractivity contribution in [1.82, 2.24) is 14.5 Å². The Morgan fingerprint density at radius 2 is 1.70 bits per heavy atom. The third-order valence-corrected chi connectivity index (χ3v) is 6.96. The Morgan fingerprint density at radius 1 is 0.975 bits per heavy atom. The molecule has 0 bridgehead atoms. The number of rotatable bonds is 7. The van der Waals surface area contributed by atoms with Gasteiger partial charge in [-0.3, -0.25) is 19.1 Å². The fourth-order valence-electron chi connectivity index (χ4n) is 4.09.